The van der Waals surface area contributed by atoms with Crippen molar-refractivity contribution in [3.63, 3.8) is 0 Å². The minimum atomic E-state index is -3.82. The van der Waals surface area contributed by atoms with Gasteiger partial charge in [0, 0.05) is 33.7 Å². The summed E-state index contributed by atoms with van der Waals surface area (Å²) in [4.78, 5) is 15.3. The number of fused-ring (bicyclic) bond motifs is 3. The number of sulfonamides is 1. The largest absolute Gasteiger partial charge is 0.357 e. The van der Waals surface area contributed by atoms with Crippen LogP contribution in [0, 0.1) is 0 Å². The molecule has 0 saturated heterocycles. The van der Waals surface area contributed by atoms with Gasteiger partial charge in [-0.15, -0.1) is 0 Å². The molecule has 1 unspecified atom stereocenters. The molecular weight excluding hydrogens is 444 g/mol. The Balaban J connectivity index is 1.66. The number of carbonyl (C=O) groups is 1. The number of benzene rings is 3. The van der Waals surface area contributed by atoms with Crippen LogP contribution in [0.1, 0.15) is 40.1 Å². The van der Waals surface area contributed by atoms with Crippen LogP contribution in [0.4, 0.5) is 0 Å². The van der Waals surface area contributed by atoms with Crippen molar-refractivity contribution in [1.82, 2.24) is 9.29 Å². The number of ketones is 1. The van der Waals surface area contributed by atoms with Crippen molar-refractivity contribution in [2.45, 2.75) is 24.3 Å². The highest BCUT2D eigenvalue weighted by molar-refractivity contribution is 7.89. The van der Waals surface area contributed by atoms with Gasteiger partial charge in [0.2, 0.25) is 10.0 Å². The Morgan fingerprint density at radius 2 is 1.69 bits per heavy atom. The number of hydrogen-bond donors (Lipinski definition) is 1. The summed E-state index contributed by atoms with van der Waals surface area (Å²) in [6.45, 7) is 1.81. The molecule has 7 heteroatoms. The molecule has 32 heavy (non-hydrogen) atoms. The molecule has 0 bridgehead atoms. The Morgan fingerprint density at radius 1 is 1.00 bits per heavy atom. The van der Waals surface area contributed by atoms with E-state index in [-0.39, 0.29) is 10.7 Å². The third kappa shape index (κ3) is 3.45. The van der Waals surface area contributed by atoms with Gasteiger partial charge in [0.1, 0.15) is 0 Å². The maximum absolute atomic E-state index is 13.7. The quantitative estimate of drug-likeness (QED) is 0.413. The van der Waals surface area contributed by atoms with E-state index in [0.717, 1.165) is 27.7 Å². The molecule has 1 N–H and O–H groups in total. The molecule has 5 rings (SSSR count). The molecule has 0 fully saturated rings. The molecule has 1 aliphatic heterocycles. The molecule has 2 heterocycles. The van der Waals surface area contributed by atoms with E-state index in [1.807, 2.05) is 30.3 Å². The standard InChI is InChI=1S/C25H21ClN2O3S/c1-16(29)17-8-12-20(13-9-17)32(30,31)28-15-14-22-21-4-2-3-5-23(21)27-24(22)25(28)18-6-10-19(26)11-7-18/h2-13,25,27H,14-15H2,1H3. The van der Waals surface area contributed by atoms with Gasteiger partial charge >= 0.3 is 0 Å². The summed E-state index contributed by atoms with van der Waals surface area (Å²) in [7, 11) is -3.82. The van der Waals surface area contributed by atoms with Crippen molar-refractivity contribution in [1.29, 1.82) is 0 Å². The second-order valence-electron chi connectivity index (χ2n) is 7.96. The van der Waals surface area contributed by atoms with E-state index in [1.165, 1.54) is 23.4 Å². The summed E-state index contributed by atoms with van der Waals surface area (Å²) in [5.74, 6) is -0.103. The highest BCUT2D eigenvalue weighted by atomic mass is 35.5. The molecular formula is C25H21ClN2O3S. The molecule has 4 aromatic rings. The fourth-order valence-electron chi connectivity index (χ4n) is 4.45. The summed E-state index contributed by atoms with van der Waals surface area (Å²) >= 11 is 6.11. The summed E-state index contributed by atoms with van der Waals surface area (Å²) < 4.78 is 29.0. The number of carbonyl (C=O) groups excluding carboxylic acids is 1. The first-order chi connectivity index (χ1) is 15.4. The lowest BCUT2D eigenvalue weighted by Gasteiger charge is -2.35. The van der Waals surface area contributed by atoms with Gasteiger partial charge in [0.05, 0.1) is 10.9 Å². The minimum absolute atomic E-state index is 0.103. The number of para-hydroxylation sites is 1. The Bertz CT molecular complexity index is 1420. The Morgan fingerprint density at radius 3 is 2.38 bits per heavy atom. The van der Waals surface area contributed by atoms with Crippen molar-refractivity contribution in [2.24, 2.45) is 0 Å². The number of nitrogens with zero attached hydrogens (tertiary/aromatic N) is 1. The number of hydrogen-bond acceptors (Lipinski definition) is 3. The number of rotatable bonds is 4. The van der Waals surface area contributed by atoms with Crippen molar-refractivity contribution in [3.8, 4) is 0 Å². The number of Topliss-reactive ketones (excluding diaryl/α,β-unsaturated/α-hetero) is 1. The summed E-state index contributed by atoms with van der Waals surface area (Å²) in [5, 5.41) is 1.71. The summed E-state index contributed by atoms with van der Waals surface area (Å²) in [5.41, 5.74) is 4.32. The van der Waals surface area contributed by atoms with Gasteiger partial charge in [-0.25, -0.2) is 8.42 Å². The maximum atomic E-state index is 13.7. The van der Waals surface area contributed by atoms with E-state index in [1.54, 1.807) is 24.3 Å². The Hall–Kier alpha value is -2.93. The third-order valence-electron chi connectivity index (χ3n) is 6.04. The lowest BCUT2D eigenvalue weighted by atomic mass is 9.94. The first kappa shape index (κ1) is 20.9. The van der Waals surface area contributed by atoms with E-state index in [4.69, 9.17) is 11.6 Å². The highest BCUT2D eigenvalue weighted by Crippen LogP contribution is 2.41. The lowest BCUT2D eigenvalue weighted by molar-refractivity contribution is 0.101. The van der Waals surface area contributed by atoms with Crippen molar-refractivity contribution >= 4 is 38.3 Å². The SMILES string of the molecule is CC(=O)c1ccc(S(=O)(=O)N2CCc3c([nH]c4ccccc34)C2c2ccc(Cl)cc2)cc1. The topological polar surface area (TPSA) is 70.2 Å². The van der Waals surface area contributed by atoms with Crippen LogP contribution in [-0.2, 0) is 16.4 Å². The first-order valence-corrected chi connectivity index (χ1v) is 12.2. The predicted octanol–water partition coefficient (Wildman–Crippen LogP) is 5.36. The monoisotopic (exact) mass is 464 g/mol. The fraction of sp³-hybridized carbons (Fsp3) is 0.160. The van der Waals surface area contributed by atoms with Gasteiger partial charge in [0.25, 0.3) is 0 Å². The Labute approximate surface area is 191 Å². The van der Waals surface area contributed by atoms with Crippen LogP contribution in [0.5, 0.6) is 0 Å². The molecule has 0 spiro atoms. The second-order valence-corrected chi connectivity index (χ2v) is 10.3. The summed E-state index contributed by atoms with van der Waals surface area (Å²) in [6, 6.07) is 20.9. The number of nitrogens with one attached hydrogen (secondary N) is 1. The average molecular weight is 465 g/mol. The zero-order chi connectivity index (χ0) is 22.5. The van der Waals surface area contributed by atoms with Gasteiger partial charge in [0.15, 0.2) is 5.78 Å². The van der Waals surface area contributed by atoms with Crippen LogP contribution in [0.2, 0.25) is 5.02 Å². The van der Waals surface area contributed by atoms with Crippen LogP contribution in [0.15, 0.2) is 77.7 Å². The molecule has 1 aliphatic rings. The molecule has 0 saturated carbocycles. The van der Waals surface area contributed by atoms with E-state index in [9.17, 15) is 13.2 Å². The molecule has 0 radical (unpaired) electrons. The van der Waals surface area contributed by atoms with E-state index >= 15 is 0 Å². The first-order valence-electron chi connectivity index (χ1n) is 10.3. The second kappa shape index (κ2) is 7.89. The van der Waals surface area contributed by atoms with Crippen molar-refractivity contribution in [3.05, 3.63) is 100 Å². The van der Waals surface area contributed by atoms with E-state index in [0.29, 0.717) is 23.6 Å². The van der Waals surface area contributed by atoms with Crippen molar-refractivity contribution < 1.29 is 13.2 Å². The van der Waals surface area contributed by atoms with Gasteiger partial charge in [-0.3, -0.25) is 4.79 Å². The molecule has 1 aromatic heterocycles. The highest BCUT2D eigenvalue weighted by Gasteiger charge is 2.39. The van der Waals surface area contributed by atoms with Gasteiger partial charge in [-0.1, -0.05) is 54.1 Å². The predicted molar refractivity (Wildman–Crippen MR) is 126 cm³/mol. The van der Waals surface area contributed by atoms with Gasteiger partial charge in [-0.2, -0.15) is 4.31 Å². The van der Waals surface area contributed by atoms with Crippen LogP contribution < -0.4 is 0 Å². The maximum Gasteiger partial charge on any atom is 0.244 e. The zero-order valence-corrected chi connectivity index (χ0v) is 19.0. The zero-order valence-electron chi connectivity index (χ0n) is 17.4. The summed E-state index contributed by atoms with van der Waals surface area (Å²) in [6.07, 6.45) is 0.605. The van der Waals surface area contributed by atoms with Gasteiger partial charge < -0.3 is 4.98 Å². The molecule has 162 valence electrons. The number of halogens is 1. The minimum Gasteiger partial charge on any atom is -0.357 e. The molecule has 3 aromatic carbocycles. The number of aromatic amines is 1. The Kier molecular flexibility index (Phi) is 5.16. The number of aromatic nitrogens is 1. The fourth-order valence-corrected chi connectivity index (χ4v) is 6.17. The molecule has 0 aliphatic carbocycles. The normalized spacial score (nSPS) is 16.8. The van der Waals surface area contributed by atoms with Crippen LogP contribution in [-0.4, -0.2) is 30.0 Å². The van der Waals surface area contributed by atoms with Crippen LogP contribution >= 0.6 is 11.6 Å². The smallest absolute Gasteiger partial charge is 0.244 e. The van der Waals surface area contributed by atoms with E-state index < -0.39 is 16.1 Å². The van der Waals surface area contributed by atoms with Crippen molar-refractivity contribution in [2.75, 3.05) is 6.54 Å². The number of H-pyrrole nitrogens is 1. The van der Waals surface area contributed by atoms with E-state index in [2.05, 4.69) is 11.1 Å². The lowest BCUT2D eigenvalue weighted by Crippen LogP contribution is -2.40. The third-order valence-corrected chi connectivity index (χ3v) is 8.17. The molecule has 0 amide bonds. The van der Waals surface area contributed by atoms with Crippen LogP contribution in [0.3, 0.4) is 0 Å². The average Bonchev–Trinajstić information content (AvgIpc) is 3.18. The van der Waals surface area contributed by atoms with Gasteiger partial charge in [-0.05, 0) is 54.8 Å². The van der Waals surface area contributed by atoms with Crippen LogP contribution in [0.25, 0.3) is 10.9 Å². The molecule has 5 nitrogen and oxygen atoms in total. The molecule has 1 atom stereocenters.